The number of nitrogens with one attached hydrogen (secondary N) is 1. The summed E-state index contributed by atoms with van der Waals surface area (Å²) in [6.07, 6.45) is -17.8. The van der Waals surface area contributed by atoms with Crippen molar-refractivity contribution in [2.45, 2.75) is 160 Å². The van der Waals surface area contributed by atoms with E-state index in [1.165, 1.54) is 14.0 Å². The minimum absolute atomic E-state index is 0.0788. The number of ether oxygens (including phenoxy) is 14. The second-order valence-corrected chi connectivity index (χ2v) is 18.8. The fourth-order valence-corrected chi connectivity index (χ4v) is 9.41. The molecule has 77 heavy (non-hydrogen) atoms. The van der Waals surface area contributed by atoms with E-state index >= 15 is 0 Å². The monoisotopic (exact) mass is 1070 g/mol. The molecular weight excluding hydrogens is 1000 g/mol. The van der Waals surface area contributed by atoms with Crippen LogP contribution in [0.5, 0.6) is 0 Å². The van der Waals surface area contributed by atoms with E-state index in [1.54, 1.807) is 0 Å². The van der Waals surface area contributed by atoms with Crippen LogP contribution in [-0.4, -0.2) is 142 Å². The number of benzene rings is 4. The number of amides is 1. The van der Waals surface area contributed by atoms with Crippen LogP contribution in [0, 0.1) is 0 Å². The summed E-state index contributed by atoms with van der Waals surface area (Å²) < 4.78 is 89.7. The molecule has 15 atom stereocenters. The first kappa shape index (κ1) is 58.5. The van der Waals surface area contributed by atoms with Crippen molar-refractivity contribution in [3.8, 4) is 0 Å². The molecule has 4 aromatic carbocycles. The van der Waals surface area contributed by atoms with Crippen LogP contribution in [0.3, 0.4) is 0 Å². The van der Waals surface area contributed by atoms with Gasteiger partial charge < -0.3 is 71.6 Å². The van der Waals surface area contributed by atoms with E-state index in [4.69, 9.17) is 66.3 Å². The fourth-order valence-electron chi connectivity index (χ4n) is 9.41. The number of methoxy groups -OCH3 is 1. The van der Waals surface area contributed by atoms with E-state index in [9.17, 15) is 24.0 Å². The topological polar surface area (TPSA) is 227 Å². The standard InChI is InChI=1S/C57H69NO19/c1-34-47(67-29-41-22-14-9-15-23-41)51(68-30-42-24-16-10-17-25-42)53(69-31-43-26-18-11-19-27-43)56(70-34)76-48-44(32-65-28-40-20-12-8-13-21-40)74-55(64-7)46(58-35(2)59)50(48)77-57-54(73-39(6)63)52(72-38(5)62)49(71-37(4)61)45(75-57)33-66-36(3)60/h8-27,34,44-57H,28-33H2,1-7H3,(H,58,59). The van der Waals surface area contributed by atoms with Crippen molar-refractivity contribution < 1.29 is 90.3 Å². The molecule has 4 aromatic rings. The van der Waals surface area contributed by atoms with Crippen molar-refractivity contribution in [3.05, 3.63) is 144 Å². The molecule has 0 radical (unpaired) electrons. The number of carbonyl (C=O) groups is 5. The van der Waals surface area contributed by atoms with Crippen LogP contribution < -0.4 is 5.32 Å². The van der Waals surface area contributed by atoms with Gasteiger partial charge in [0.2, 0.25) is 5.91 Å². The van der Waals surface area contributed by atoms with Crippen molar-refractivity contribution in [1.82, 2.24) is 5.32 Å². The van der Waals surface area contributed by atoms with Gasteiger partial charge in [-0.25, -0.2) is 0 Å². The van der Waals surface area contributed by atoms with Gasteiger partial charge in [0.05, 0.1) is 39.1 Å². The summed E-state index contributed by atoms with van der Waals surface area (Å²) in [6.45, 7) is 7.49. The second kappa shape index (κ2) is 29.0. The lowest BCUT2D eigenvalue weighted by Crippen LogP contribution is -2.70. The third-order valence-electron chi connectivity index (χ3n) is 12.8. The molecule has 3 heterocycles. The summed E-state index contributed by atoms with van der Waals surface area (Å²) in [4.78, 5) is 64.2. The molecule has 20 nitrogen and oxygen atoms in total. The zero-order valence-corrected chi connectivity index (χ0v) is 44.2. The summed E-state index contributed by atoms with van der Waals surface area (Å²) in [7, 11) is 1.37. The van der Waals surface area contributed by atoms with Crippen LogP contribution in [0.25, 0.3) is 0 Å². The van der Waals surface area contributed by atoms with Gasteiger partial charge >= 0.3 is 23.9 Å². The minimum Gasteiger partial charge on any atom is -0.463 e. The molecular formula is C57H69NO19. The summed E-state index contributed by atoms with van der Waals surface area (Å²) in [5.74, 6) is -3.78. The largest absolute Gasteiger partial charge is 0.463 e. The Balaban J connectivity index is 1.34. The molecule has 1 amide bonds. The van der Waals surface area contributed by atoms with Gasteiger partial charge in [-0.1, -0.05) is 121 Å². The van der Waals surface area contributed by atoms with Gasteiger partial charge in [0.25, 0.3) is 0 Å². The minimum atomic E-state index is -1.75. The normalized spacial score (nSPS) is 29.1. The maximum atomic E-state index is 13.3. The number of hydrogen-bond acceptors (Lipinski definition) is 19. The lowest BCUT2D eigenvalue weighted by atomic mass is 9.94. The van der Waals surface area contributed by atoms with Gasteiger partial charge in [0.1, 0.15) is 55.4 Å². The van der Waals surface area contributed by atoms with Crippen LogP contribution in [0.15, 0.2) is 121 Å². The SMILES string of the molecule is COC1OC(COCc2ccccc2)C(OC2OC(C)C(OCc3ccccc3)C(OCc3ccccc3)C2OCc2ccccc2)C(OC2OC(COC(C)=O)C(OC(C)=O)C(OC(C)=O)C2OC(C)=O)C1NC(C)=O. The summed E-state index contributed by atoms with van der Waals surface area (Å²) in [6, 6.07) is 37.0. The number of carbonyl (C=O) groups excluding carboxylic acids is 5. The first-order chi connectivity index (χ1) is 37.2. The predicted molar refractivity (Wildman–Crippen MR) is 270 cm³/mol. The highest BCUT2D eigenvalue weighted by Crippen LogP contribution is 2.38. The van der Waals surface area contributed by atoms with Crippen molar-refractivity contribution in [2.24, 2.45) is 0 Å². The van der Waals surface area contributed by atoms with Gasteiger partial charge in [0, 0.05) is 41.7 Å². The van der Waals surface area contributed by atoms with Crippen molar-refractivity contribution in [3.63, 3.8) is 0 Å². The Bertz CT molecular complexity index is 2470. The van der Waals surface area contributed by atoms with E-state index in [2.05, 4.69) is 5.32 Å². The molecule has 0 saturated carbocycles. The molecule has 3 aliphatic heterocycles. The van der Waals surface area contributed by atoms with Crippen LogP contribution in [0.1, 0.15) is 63.8 Å². The van der Waals surface area contributed by atoms with Gasteiger partial charge in [-0.2, -0.15) is 0 Å². The molecule has 3 fully saturated rings. The van der Waals surface area contributed by atoms with Crippen molar-refractivity contribution in [1.29, 1.82) is 0 Å². The van der Waals surface area contributed by atoms with Crippen molar-refractivity contribution in [2.75, 3.05) is 20.3 Å². The quantitative estimate of drug-likeness (QED) is 0.0681. The molecule has 15 unspecified atom stereocenters. The number of rotatable bonds is 24. The van der Waals surface area contributed by atoms with E-state index in [1.807, 2.05) is 128 Å². The predicted octanol–water partition coefficient (Wildman–Crippen LogP) is 5.43. The molecule has 3 saturated heterocycles. The molecule has 416 valence electrons. The van der Waals surface area contributed by atoms with E-state index in [-0.39, 0.29) is 33.0 Å². The van der Waals surface area contributed by atoms with E-state index < -0.39 is 128 Å². The molecule has 1 N–H and O–H groups in total. The third-order valence-corrected chi connectivity index (χ3v) is 12.8. The van der Waals surface area contributed by atoms with Gasteiger partial charge in [0.15, 0.2) is 37.2 Å². The van der Waals surface area contributed by atoms with Crippen molar-refractivity contribution >= 4 is 29.8 Å². The summed E-state index contributed by atoms with van der Waals surface area (Å²) in [5, 5.41) is 2.89. The van der Waals surface area contributed by atoms with Crippen LogP contribution >= 0.6 is 0 Å². The fraction of sp³-hybridized carbons (Fsp3) is 0.491. The second-order valence-electron chi connectivity index (χ2n) is 18.8. The molecule has 0 aliphatic carbocycles. The molecule has 0 spiro atoms. The zero-order valence-electron chi connectivity index (χ0n) is 44.2. The Morgan fingerprint density at radius 3 is 1.36 bits per heavy atom. The Morgan fingerprint density at radius 1 is 0.442 bits per heavy atom. The first-order valence-electron chi connectivity index (χ1n) is 25.5. The molecule has 0 bridgehead atoms. The van der Waals surface area contributed by atoms with Crippen LogP contribution in [-0.2, 0) is 117 Å². The maximum Gasteiger partial charge on any atom is 0.303 e. The van der Waals surface area contributed by atoms with E-state index in [0.29, 0.717) is 0 Å². The third kappa shape index (κ3) is 16.9. The molecule has 0 aromatic heterocycles. The highest BCUT2D eigenvalue weighted by atomic mass is 16.8. The molecule has 7 rings (SSSR count). The highest BCUT2D eigenvalue weighted by Gasteiger charge is 2.58. The van der Waals surface area contributed by atoms with Crippen LogP contribution in [0.2, 0.25) is 0 Å². The Kier molecular flexibility index (Phi) is 22.0. The highest BCUT2D eigenvalue weighted by molar-refractivity contribution is 5.73. The van der Waals surface area contributed by atoms with Crippen LogP contribution in [0.4, 0.5) is 0 Å². The zero-order chi connectivity index (χ0) is 54.8. The lowest BCUT2D eigenvalue weighted by molar-refractivity contribution is -0.378. The average Bonchev–Trinajstić information content (AvgIpc) is 3.41. The lowest BCUT2D eigenvalue weighted by Gasteiger charge is -2.51. The van der Waals surface area contributed by atoms with Gasteiger partial charge in [-0.3, -0.25) is 24.0 Å². The Labute approximate surface area is 448 Å². The summed E-state index contributed by atoms with van der Waals surface area (Å²) in [5.41, 5.74) is 3.48. The van der Waals surface area contributed by atoms with Gasteiger partial charge in [-0.05, 0) is 29.2 Å². The summed E-state index contributed by atoms with van der Waals surface area (Å²) >= 11 is 0. The maximum absolute atomic E-state index is 13.3. The Morgan fingerprint density at radius 2 is 0.870 bits per heavy atom. The number of hydrogen-bond donors (Lipinski definition) is 1. The van der Waals surface area contributed by atoms with Gasteiger partial charge in [-0.15, -0.1) is 0 Å². The average molecular weight is 1070 g/mol. The Hall–Kier alpha value is -6.17. The van der Waals surface area contributed by atoms with E-state index in [0.717, 1.165) is 49.9 Å². The number of esters is 4. The first-order valence-corrected chi connectivity index (χ1v) is 25.5. The molecule has 20 heteroatoms. The smallest absolute Gasteiger partial charge is 0.303 e. The molecule has 3 aliphatic rings.